The van der Waals surface area contributed by atoms with E-state index in [1.807, 2.05) is 20.8 Å². The first-order chi connectivity index (χ1) is 7.91. The topological polar surface area (TPSA) is 64.8 Å². The molecule has 1 atom stereocenters. The molecule has 0 aliphatic rings. The Morgan fingerprint density at radius 3 is 2.47 bits per heavy atom. The van der Waals surface area contributed by atoms with Crippen molar-refractivity contribution >= 4 is 10.2 Å². The van der Waals surface area contributed by atoms with Crippen LogP contribution in [0.2, 0.25) is 0 Å². The van der Waals surface area contributed by atoms with Gasteiger partial charge in [-0.15, -0.1) is 10.2 Å². The fourth-order valence-electron chi connectivity index (χ4n) is 1.55. The summed E-state index contributed by atoms with van der Waals surface area (Å²) in [6.45, 7) is 6.30. The van der Waals surface area contributed by atoms with Crippen LogP contribution in [-0.4, -0.2) is 23.2 Å². The van der Waals surface area contributed by atoms with E-state index in [-0.39, 0.29) is 5.92 Å². The van der Waals surface area contributed by atoms with Crippen LogP contribution in [0.25, 0.3) is 0 Å². The molecule has 0 saturated heterocycles. The third-order valence-electron chi connectivity index (χ3n) is 2.75. The van der Waals surface area contributed by atoms with Crippen molar-refractivity contribution in [1.29, 1.82) is 0 Å². The molecule has 0 N–H and O–H groups in total. The average Bonchev–Trinajstić information content (AvgIpc) is 2.68. The minimum absolute atomic E-state index is 0.0647. The summed E-state index contributed by atoms with van der Waals surface area (Å²) in [5, 5.41) is 6.69. The maximum atomic E-state index is 13.0. The van der Waals surface area contributed by atoms with Crippen LogP contribution >= 0.6 is 0 Å². The molecule has 1 aromatic heterocycles. The van der Waals surface area contributed by atoms with Gasteiger partial charge in [-0.2, -0.15) is 8.42 Å². The Bertz CT molecular complexity index is 470. The molecule has 1 unspecified atom stereocenters. The zero-order valence-electron chi connectivity index (χ0n) is 10.4. The van der Waals surface area contributed by atoms with Crippen molar-refractivity contribution < 1.29 is 12.3 Å². The molecular formula is C10H18FN3O2S. The number of rotatable bonds is 6. The van der Waals surface area contributed by atoms with Crippen molar-refractivity contribution in [2.24, 2.45) is 0 Å². The highest BCUT2D eigenvalue weighted by atomic mass is 32.3. The van der Waals surface area contributed by atoms with Crippen molar-refractivity contribution in [3.63, 3.8) is 0 Å². The first-order valence-electron chi connectivity index (χ1n) is 5.79. The molecule has 17 heavy (non-hydrogen) atoms. The lowest BCUT2D eigenvalue weighted by molar-refractivity contribution is 0.496. The van der Waals surface area contributed by atoms with Crippen molar-refractivity contribution in [2.45, 2.75) is 57.7 Å². The summed E-state index contributed by atoms with van der Waals surface area (Å²) < 4.78 is 36.3. The fourth-order valence-corrected chi connectivity index (χ4v) is 2.14. The highest BCUT2D eigenvalue weighted by molar-refractivity contribution is 7.86. The summed E-state index contributed by atoms with van der Waals surface area (Å²) in [4.78, 5) is 0. The average molecular weight is 263 g/mol. The molecule has 5 nitrogen and oxygen atoms in total. The normalized spacial score (nSPS) is 13.9. The van der Waals surface area contributed by atoms with Gasteiger partial charge in [-0.1, -0.05) is 31.1 Å². The largest absolute Gasteiger partial charge is 0.368 e. The van der Waals surface area contributed by atoms with Gasteiger partial charge in [-0.25, -0.2) is 0 Å². The first-order valence-corrected chi connectivity index (χ1v) is 7.17. The van der Waals surface area contributed by atoms with Crippen LogP contribution in [0.3, 0.4) is 0 Å². The lowest BCUT2D eigenvalue weighted by Crippen LogP contribution is -2.12. The lowest BCUT2D eigenvalue weighted by atomic mass is 10.1. The van der Waals surface area contributed by atoms with E-state index in [9.17, 15) is 12.3 Å². The quantitative estimate of drug-likeness (QED) is 0.738. The van der Waals surface area contributed by atoms with E-state index in [4.69, 9.17) is 0 Å². The van der Waals surface area contributed by atoms with E-state index in [1.165, 1.54) is 4.57 Å². The van der Waals surface area contributed by atoms with Crippen LogP contribution in [-0.2, 0) is 16.8 Å². The molecule has 0 spiro atoms. The summed E-state index contributed by atoms with van der Waals surface area (Å²) >= 11 is 0. The zero-order valence-corrected chi connectivity index (χ0v) is 11.2. The van der Waals surface area contributed by atoms with Crippen molar-refractivity contribution in [1.82, 2.24) is 14.8 Å². The summed E-state index contributed by atoms with van der Waals surface area (Å²) in [7, 11) is -4.80. The Labute approximate surface area is 101 Å². The van der Waals surface area contributed by atoms with Crippen LogP contribution in [0.5, 0.6) is 0 Å². The standard InChI is InChI=1S/C10H18FN3O2S/c1-4-6-7-14-9(8(3)5-2)12-13-10(14)17(11,15)16/h8H,4-7H2,1-3H3. The Balaban J connectivity index is 3.20. The molecule has 7 heteroatoms. The van der Waals surface area contributed by atoms with Gasteiger partial charge in [0.05, 0.1) is 0 Å². The molecule has 0 aromatic carbocycles. The Hall–Kier alpha value is -0.980. The third kappa shape index (κ3) is 3.24. The van der Waals surface area contributed by atoms with Crippen LogP contribution in [0.15, 0.2) is 5.16 Å². The number of nitrogens with zero attached hydrogens (tertiary/aromatic N) is 3. The lowest BCUT2D eigenvalue weighted by Gasteiger charge is -2.11. The smallest absolute Gasteiger partial charge is 0.299 e. The van der Waals surface area contributed by atoms with E-state index in [2.05, 4.69) is 10.2 Å². The molecule has 0 bridgehead atoms. The highest BCUT2D eigenvalue weighted by Gasteiger charge is 2.25. The van der Waals surface area contributed by atoms with Gasteiger partial charge in [0, 0.05) is 12.5 Å². The highest BCUT2D eigenvalue weighted by Crippen LogP contribution is 2.21. The second kappa shape index (κ2) is 5.57. The fraction of sp³-hybridized carbons (Fsp3) is 0.800. The number of hydrogen-bond acceptors (Lipinski definition) is 4. The molecule has 1 aromatic rings. The molecule has 0 fully saturated rings. The van der Waals surface area contributed by atoms with Crippen LogP contribution in [0.1, 0.15) is 51.8 Å². The Morgan fingerprint density at radius 2 is 2.00 bits per heavy atom. The number of hydrogen-bond donors (Lipinski definition) is 0. The van der Waals surface area contributed by atoms with Gasteiger partial charge in [0.2, 0.25) is 0 Å². The Morgan fingerprint density at radius 1 is 1.35 bits per heavy atom. The molecule has 98 valence electrons. The molecule has 1 heterocycles. The molecule has 0 radical (unpaired) electrons. The maximum Gasteiger partial charge on any atom is 0.368 e. The van der Waals surface area contributed by atoms with Crippen LogP contribution in [0, 0.1) is 0 Å². The van der Waals surface area contributed by atoms with Crippen molar-refractivity contribution in [3.05, 3.63) is 5.82 Å². The second-order valence-corrected chi connectivity index (χ2v) is 5.33. The molecular weight excluding hydrogens is 245 g/mol. The van der Waals surface area contributed by atoms with E-state index in [0.29, 0.717) is 12.4 Å². The molecule has 1 rings (SSSR count). The van der Waals surface area contributed by atoms with Crippen LogP contribution in [0.4, 0.5) is 3.89 Å². The van der Waals surface area contributed by atoms with Crippen LogP contribution < -0.4 is 0 Å². The summed E-state index contributed by atoms with van der Waals surface area (Å²) in [5.74, 6) is 0.604. The van der Waals surface area contributed by atoms with Crippen molar-refractivity contribution in [2.75, 3.05) is 0 Å². The summed E-state index contributed by atoms with van der Waals surface area (Å²) in [6.07, 6.45) is 2.46. The monoisotopic (exact) mass is 263 g/mol. The maximum absolute atomic E-state index is 13.0. The first kappa shape index (κ1) is 14.1. The van der Waals surface area contributed by atoms with E-state index in [1.54, 1.807) is 0 Å². The Kier molecular flexibility index (Phi) is 4.62. The van der Waals surface area contributed by atoms with Gasteiger partial charge in [-0.3, -0.25) is 4.57 Å². The predicted molar refractivity (Wildman–Crippen MR) is 61.9 cm³/mol. The summed E-state index contributed by atoms with van der Waals surface area (Å²) in [5.41, 5.74) is 0. The number of unbranched alkanes of at least 4 members (excludes halogenated alkanes) is 1. The minimum atomic E-state index is -4.80. The van der Waals surface area contributed by atoms with Gasteiger partial charge in [0.15, 0.2) is 0 Å². The molecule has 0 saturated carbocycles. The zero-order chi connectivity index (χ0) is 13.1. The van der Waals surface area contributed by atoms with Gasteiger partial charge < -0.3 is 0 Å². The third-order valence-corrected chi connectivity index (χ3v) is 3.49. The van der Waals surface area contributed by atoms with Gasteiger partial charge in [-0.05, 0) is 12.8 Å². The van der Waals surface area contributed by atoms with E-state index in [0.717, 1.165) is 19.3 Å². The van der Waals surface area contributed by atoms with Gasteiger partial charge >= 0.3 is 10.2 Å². The molecule has 0 aliphatic carbocycles. The predicted octanol–water partition coefficient (Wildman–Crippen LogP) is 2.25. The van der Waals surface area contributed by atoms with Gasteiger partial charge in [0.25, 0.3) is 5.16 Å². The van der Waals surface area contributed by atoms with Crippen molar-refractivity contribution in [3.8, 4) is 0 Å². The minimum Gasteiger partial charge on any atom is -0.299 e. The number of aromatic nitrogens is 3. The SMILES string of the molecule is CCCCn1c(C(C)CC)nnc1S(=O)(=O)F. The van der Waals surface area contributed by atoms with E-state index >= 15 is 0 Å². The summed E-state index contributed by atoms with van der Waals surface area (Å²) in [6, 6.07) is 0. The van der Waals surface area contributed by atoms with Gasteiger partial charge in [0.1, 0.15) is 5.82 Å². The molecule has 0 amide bonds. The second-order valence-electron chi connectivity index (χ2n) is 4.09. The van der Waals surface area contributed by atoms with E-state index < -0.39 is 15.4 Å². The molecule has 0 aliphatic heterocycles. The number of halogens is 1.